The van der Waals surface area contributed by atoms with Gasteiger partial charge < -0.3 is 15.8 Å². The second-order valence-electron chi connectivity index (χ2n) is 7.47. The van der Waals surface area contributed by atoms with Crippen molar-refractivity contribution >= 4 is 23.3 Å². The Kier molecular flexibility index (Phi) is 15.7. The Hall–Kier alpha value is -3.86. The van der Waals surface area contributed by atoms with Gasteiger partial charge in [0.05, 0.1) is 7.11 Å². The summed E-state index contributed by atoms with van der Waals surface area (Å²) in [5.74, 6) is -0.301. The molecule has 0 saturated heterocycles. The number of hydrogen-bond donors (Lipinski definition) is 2. The van der Waals surface area contributed by atoms with Crippen LogP contribution < -0.4 is 11.1 Å². The van der Waals surface area contributed by atoms with E-state index in [1.165, 1.54) is 32.1 Å². The van der Waals surface area contributed by atoms with Gasteiger partial charge in [0, 0.05) is 25.2 Å². The van der Waals surface area contributed by atoms with Crippen LogP contribution in [0.5, 0.6) is 0 Å². The van der Waals surface area contributed by atoms with Crippen LogP contribution in [-0.2, 0) is 40.0 Å². The van der Waals surface area contributed by atoms with E-state index < -0.39 is 0 Å². The zero-order chi connectivity index (χ0) is 25.9. The van der Waals surface area contributed by atoms with Crippen LogP contribution in [0.2, 0.25) is 0 Å². The Morgan fingerprint density at radius 2 is 1.09 bits per heavy atom. The van der Waals surface area contributed by atoms with E-state index in [1.807, 2.05) is 48.6 Å². The number of hydrogen-bond acceptors (Lipinski definition) is 4. The number of nitrogens with one attached hydrogen (secondary N) is 1. The van der Waals surface area contributed by atoms with Gasteiger partial charge in [-0.15, -0.1) is 26.3 Å². The van der Waals surface area contributed by atoms with Gasteiger partial charge in [-0.25, -0.2) is 0 Å². The molecular weight excluding hydrogens is 424 g/mol. The van der Waals surface area contributed by atoms with Crippen molar-refractivity contribution in [3.8, 4) is 0 Å². The zero-order valence-corrected chi connectivity index (χ0v) is 20.7. The molecule has 0 heterocycles. The number of nitrogens with two attached hydrogens (primary N) is 1. The van der Waals surface area contributed by atoms with Crippen molar-refractivity contribution in [2.45, 2.75) is 39.5 Å². The minimum Gasteiger partial charge on any atom is -0.469 e. The van der Waals surface area contributed by atoms with Gasteiger partial charge in [0.25, 0.3) is 0 Å². The summed E-state index contributed by atoms with van der Waals surface area (Å²) in [6.45, 7) is 17.7. The summed E-state index contributed by atoms with van der Waals surface area (Å²) in [4.78, 5) is 20.6. The number of esters is 1. The van der Waals surface area contributed by atoms with Crippen molar-refractivity contribution in [2.75, 3.05) is 18.2 Å². The lowest BCUT2D eigenvalue weighted by Crippen LogP contribution is -2.06. The summed E-state index contributed by atoms with van der Waals surface area (Å²) in [6, 6.07) is 12.1. The fourth-order valence-corrected chi connectivity index (χ4v) is 2.97. The molecule has 5 heteroatoms. The maximum Gasteiger partial charge on any atom is 0.302 e. The van der Waals surface area contributed by atoms with E-state index >= 15 is 0 Å². The summed E-state index contributed by atoms with van der Waals surface area (Å²) in [5, 5.41) is 2.79. The highest BCUT2D eigenvalue weighted by Gasteiger charge is 2.01. The number of amides is 1. The summed E-state index contributed by atoms with van der Waals surface area (Å²) < 4.78 is 4.11. The maximum atomic E-state index is 11.0. The van der Waals surface area contributed by atoms with Gasteiger partial charge in [-0.3, -0.25) is 9.59 Å². The van der Waals surface area contributed by atoms with Crippen LogP contribution in [0.3, 0.4) is 0 Å². The third-order valence-corrected chi connectivity index (χ3v) is 4.26. The second kappa shape index (κ2) is 17.7. The molecule has 0 aliphatic rings. The predicted octanol–water partition coefficient (Wildman–Crippen LogP) is 6.01. The molecule has 0 aliphatic carbocycles. The molecule has 1 amide bonds. The normalized spacial score (nSPS) is 9.15. The minimum absolute atomic E-state index is 0.0553. The minimum atomic E-state index is -0.245. The molecule has 182 valence electrons. The quantitative estimate of drug-likeness (QED) is 0.272. The van der Waals surface area contributed by atoms with Gasteiger partial charge >= 0.3 is 5.97 Å². The first-order chi connectivity index (χ1) is 16.2. The molecule has 0 fully saturated rings. The van der Waals surface area contributed by atoms with E-state index in [0.29, 0.717) is 0 Å². The molecule has 0 aromatic heterocycles. The molecule has 3 N–H and O–H groups in total. The Bertz CT molecular complexity index is 921. The van der Waals surface area contributed by atoms with Crippen molar-refractivity contribution in [1.29, 1.82) is 0 Å². The molecule has 0 atom stereocenters. The SMILES string of the molecule is C=CCc1cc(CC=C)cc(NC(C)=O)c1.C=CCc1cc(N)cc(CC=C)c1.COC(C)=O. The van der Waals surface area contributed by atoms with Gasteiger partial charge in [-0.05, 0) is 72.2 Å². The van der Waals surface area contributed by atoms with Gasteiger partial charge in [0.15, 0.2) is 0 Å². The summed E-state index contributed by atoms with van der Waals surface area (Å²) >= 11 is 0. The van der Waals surface area contributed by atoms with E-state index in [-0.39, 0.29) is 11.9 Å². The average molecular weight is 463 g/mol. The molecule has 0 aliphatic heterocycles. The average Bonchev–Trinajstić information content (AvgIpc) is 2.74. The predicted molar refractivity (Wildman–Crippen MR) is 145 cm³/mol. The topological polar surface area (TPSA) is 81.4 Å². The van der Waals surface area contributed by atoms with E-state index in [1.54, 1.807) is 0 Å². The van der Waals surface area contributed by atoms with E-state index in [0.717, 1.165) is 48.2 Å². The van der Waals surface area contributed by atoms with Crippen LogP contribution in [0.15, 0.2) is 87.0 Å². The van der Waals surface area contributed by atoms with Gasteiger partial charge in [-0.1, -0.05) is 36.4 Å². The molecule has 0 bridgehead atoms. The van der Waals surface area contributed by atoms with Gasteiger partial charge in [-0.2, -0.15) is 0 Å². The number of methoxy groups -OCH3 is 1. The highest BCUT2D eigenvalue weighted by atomic mass is 16.5. The first-order valence-electron chi connectivity index (χ1n) is 11.0. The van der Waals surface area contributed by atoms with Crippen LogP contribution in [-0.4, -0.2) is 19.0 Å². The van der Waals surface area contributed by atoms with Gasteiger partial charge in [0.2, 0.25) is 5.91 Å². The number of anilines is 2. The zero-order valence-electron chi connectivity index (χ0n) is 20.7. The van der Waals surface area contributed by atoms with Crippen LogP contribution in [0, 0.1) is 0 Å². The lowest BCUT2D eigenvalue weighted by Gasteiger charge is -2.08. The molecule has 5 nitrogen and oxygen atoms in total. The van der Waals surface area contributed by atoms with Crippen molar-refractivity contribution in [3.05, 3.63) is 109 Å². The summed E-state index contributed by atoms with van der Waals surface area (Å²) in [6.07, 6.45) is 10.8. The van der Waals surface area contributed by atoms with E-state index in [4.69, 9.17) is 5.73 Å². The lowest BCUT2D eigenvalue weighted by atomic mass is 10.0. The summed E-state index contributed by atoms with van der Waals surface area (Å²) in [7, 11) is 1.35. The molecule has 0 radical (unpaired) electrons. The fraction of sp³-hybridized carbons (Fsp3) is 0.241. The highest BCUT2D eigenvalue weighted by Crippen LogP contribution is 2.17. The largest absolute Gasteiger partial charge is 0.469 e. The molecule has 2 aromatic carbocycles. The molecule has 0 unspecified atom stereocenters. The highest BCUT2D eigenvalue weighted by molar-refractivity contribution is 5.88. The number of nitrogen functional groups attached to an aromatic ring is 1. The molecule has 2 aromatic rings. The first kappa shape index (κ1) is 30.1. The number of rotatable bonds is 9. The molecule has 0 spiro atoms. The third kappa shape index (κ3) is 14.2. The standard InChI is InChI=1S/C14H17NO.C12H15N.C3H6O2/c1-4-6-12-8-13(7-5-2)10-14(9-12)15-11(3)16;1-3-5-10-7-11(6-4-2)9-12(13)8-10;1-3(4)5-2/h4-5,8-10H,1-2,6-7H2,3H3,(H,15,16);3-4,7-9H,1-2,5-6,13H2;1-2H3. The second-order valence-corrected chi connectivity index (χ2v) is 7.47. The molecular formula is C29H38N2O3. The van der Waals surface area contributed by atoms with Crippen LogP contribution >= 0.6 is 0 Å². The smallest absolute Gasteiger partial charge is 0.302 e. The van der Waals surface area contributed by atoms with Gasteiger partial charge in [0.1, 0.15) is 0 Å². The molecule has 0 saturated carbocycles. The Labute approximate surface area is 204 Å². The number of benzene rings is 2. The van der Waals surface area contributed by atoms with E-state index in [9.17, 15) is 9.59 Å². The number of allylic oxidation sites excluding steroid dienone is 4. The number of carbonyl (C=O) groups is 2. The fourth-order valence-electron chi connectivity index (χ4n) is 2.97. The van der Waals surface area contributed by atoms with Crippen molar-refractivity contribution in [1.82, 2.24) is 0 Å². The maximum absolute atomic E-state index is 11.0. The van der Waals surface area contributed by atoms with Crippen molar-refractivity contribution in [3.63, 3.8) is 0 Å². The van der Waals surface area contributed by atoms with Crippen LogP contribution in [0.4, 0.5) is 11.4 Å². The first-order valence-corrected chi connectivity index (χ1v) is 11.0. The van der Waals surface area contributed by atoms with E-state index in [2.05, 4.69) is 48.5 Å². The lowest BCUT2D eigenvalue weighted by molar-refractivity contribution is -0.137. The van der Waals surface area contributed by atoms with Crippen LogP contribution in [0.1, 0.15) is 36.1 Å². The summed E-state index contributed by atoms with van der Waals surface area (Å²) in [5.41, 5.74) is 12.1. The molecule has 2 rings (SSSR count). The third-order valence-electron chi connectivity index (χ3n) is 4.26. The number of ether oxygens (including phenoxy) is 1. The Morgan fingerprint density at radius 1 is 0.765 bits per heavy atom. The van der Waals surface area contributed by atoms with Crippen LogP contribution in [0.25, 0.3) is 0 Å². The Balaban J connectivity index is 0.000000543. The monoisotopic (exact) mass is 462 g/mol. The molecule has 34 heavy (non-hydrogen) atoms. The number of carbonyl (C=O) groups excluding carboxylic acids is 2. The van der Waals surface area contributed by atoms with Crippen molar-refractivity contribution in [2.24, 2.45) is 0 Å². The Morgan fingerprint density at radius 3 is 1.35 bits per heavy atom. The van der Waals surface area contributed by atoms with Crippen molar-refractivity contribution < 1.29 is 14.3 Å².